The first kappa shape index (κ1) is 15.1. The van der Waals surface area contributed by atoms with Gasteiger partial charge in [-0.05, 0) is 32.0 Å². The fourth-order valence-electron chi connectivity index (χ4n) is 1.17. The van der Waals surface area contributed by atoms with Crippen molar-refractivity contribution in [3.63, 3.8) is 0 Å². The molecule has 0 bridgehead atoms. The number of hydrogen-bond acceptors (Lipinski definition) is 3. The Morgan fingerprint density at radius 3 is 2.07 bits per heavy atom. The lowest BCUT2D eigenvalue weighted by Crippen LogP contribution is -2.28. The molecule has 0 rings (SSSR count). The summed E-state index contributed by atoms with van der Waals surface area (Å²) in [5.74, 6) is 0. The van der Waals surface area contributed by atoms with E-state index in [1.807, 2.05) is 7.11 Å². The smallest absolute Gasteiger partial charge is 0.186 e. The van der Waals surface area contributed by atoms with Gasteiger partial charge in [0.2, 0.25) is 0 Å². The van der Waals surface area contributed by atoms with Gasteiger partial charge in [0.25, 0.3) is 0 Å². The van der Waals surface area contributed by atoms with Crippen molar-refractivity contribution in [3.05, 3.63) is 0 Å². The highest BCUT2D eigenvalue weighted by atomic mass is 28.4. The molecule has 0 fully saturated rings. The van der Waals surface area contributed by atoms with E-state index in [1.54, 1.807) is 0 Å². The van der Waals surface area contributed by atoms with E-state index in [0.29, 0.717) is 0 Å². The van der Waals surface area contributed by atoms with E-state index < -0.39 is 8.32 Å². The minimum absolute atomic E-state index is 0.717. The van der Waals surface area contributed by atoms with Gasteiger partial charge in [0.05, 0.1) is 13.2 Å². The summed E-state index contributed by atoms with van der Waals surface area (Å²) in [6, 6.07) is 1.17. The van der Waals surface area contributed by atoms with Crippen LogP contribution in [-0.2, 0) is 13.9 Å². The summed E-state index contributed by atoms with van der Waals surface area (Å²) in [7, 11) is 0.441. The first-order valence-corrected chi connectivity index (χ1v) is 8.94. The summed E-state index contributed by atoms with van der Waals surface area (Å²) in [5.41, 5.74) is 0. The highest BCUT2D eigenvalue weighted by Gasteiger charge is 2.19. The molecule has 0 spiro atoms. The molecule has 0 atom stereocenters. The molecule has 0 amide bonds. The number of hydrogen-bond donors (Lipinski definition) is 0. The van der Waals surface area contributed by atoms with Crippen LogP contribution < -0.4 is 0 Å². The van der Waals surface area contributed by atoms with E-state index in [2.05, 4.69) is 20.0 Å². The van der Waals surface area contributed by atoms with Gasteiger partial charge in [-0.15, -0.1) is 0 Å². The Bertz CT molecular complexity index is 140. The Kier molecular flexibility index (Phi) is 9.39. The molecule has 0 aromatic rings. The van der Waals surface area contributed by atoms with Gasteiger partial charge in [-0.3, -0.25) is 0 Å². The van der Waals surface area contributed by atoms with Crippen LogP contribution in [0, 0.1) is 0 Å². The zero-order valence-corrected chi connectivity index (χ0v) is 11.7. The molecule has 0 unspecified atom stereocenters. The molecule has 0 heterocycles. The van der Waals surface area contributed by atoms with Gasteiger partial charge in [0, 0.05) is 20.3 Å². The number of rotatable bonds is 10. The lowest BCUT2D eigenvalue weighted by atomic mass is 10.5. The van der Waals surface area contributed by atoms with E-state index in [9.17, 15) is 0 Å². The Morgan fingerprint density at radius 1 is 0.933 bits per heavy atom. The maximum absolute atomic E-state index is 5.46. The van der Waals surface area contributed by atoms with Gasteiger partial charge in [-0.1, -0.05) is 6.92 Å². The molecule has 0 aliphatic heterocycles. The van der Waals surface area contributed by atoms with Gasteiger partial charge >= 0.3 is 0 Å². The minimum Gasteiger partial charge on any atom is -0.420 e. The molecular weight excluding hydrogens is 208 g/mol. The normalized spacial score (nSPS) is 12.0. The van der Waals surface area contributed by atoms with E-state index in [1.165, 1.54) is 6.04 Å². The third-order valence-electron chi connectivity index (χ3n) is 2.34. The van der Waals surface area contributed by atoms with Crippen LogP contribution in [0.15, 0.2) is 0 Å². The van der Waals surface area contributed by atoms with Gasteiger partial charge in [-0.25, -0.2) is 0 Å². The Morgan fingerprint density at radius 2 is 1.53 bits per heavy atom. The van der Waals surface area contributed by atoms with E-state index in [-0.39, 0.29) is 0 Å². The van der Waals surface area contributed by atoms with Crippen LogP contribution >= 0.6 is 0 Å². The lowest BCUT2D eigenvalue weighted by molar-refractivity contribution is 0.0480. The van der Waals surface area contributed by atoms with E-state index >= 15 is 0 Å². The average molecular weight is 234 g/mol. The molecule has 3 nitrogen and oxygen atoms in total. The van der Waals surface area contributed by atoms with E-state index in [0.717, 1.165) is 39.3 Å². The van der Waals surface area contributed by atoms with Crippen molar-refractivity contribution in [2.75, 3.05) is 33.5 Å². The monoisotopic (exact) mass is 234 g/mol. The highest BCUT2D eigenvalue weighted by Crippen LogP contribution is 2.11. The SMILES string of the molecule is CCCOCCOCCC[Si](C)(C)OC. The molecule has 92 valence electrons. The number of ether oxygens (including phenoxy) is 2. The molecule has 0 aromatic carbocycles. The topological polar surface area (TPSA) is 27.7 Å². The second-order valence-electron chi connectivity index (χ2n) is 4.29. The third-order valence-corrected chi connectivity index (χ3v) is 5.00. The minimum atomic E-state index is -1.37. The first-order valence-electron chi connectivity index (χ1n) is 5.83. The second-order valence-corrected chi connectivity index (χ2v) is 8.72. The van der Waals surface area contributed by atoms with Crippen LogP contribution in [0.5, 0.6) is 0 Å². The zero-order chi connectivity index (χ0) is 11.6. The molecule has 0 radical (unpaired) electrons. The van der Waals surface area contributed by atoms with Crippen LogP contribution in [-0.4, -0.2) is 41.9 Å². The molecular formula is C11H26O3Si. The maximum atomic E-state index is 5.46. The van der Waals surface area contributed by atoms with Crippen LogP contribution in [0.4, 0.5) is 0 Å². The molecule has 15 heavy (non-hydrogen) atoms. The fourth-order valence-corrected chi connectivity index (χ4v) is 2.37. The molecule has 4 heteroatoms. The van der Waals surface area contributed by atoms with Crippen molar-refractivity contribution >= 4 is 8.32 Å². The molecule has 0 saturated carbocycles. The molecule has 0 aliphatic carbocycles. The van der Waals surface area contributed by atoms with Crippen LogP contribution in [0.3, 0.4) is 0 Å². The summed E-state index contributed by atoms with van der Waals surface area (Å²) >= 11 is 0. The Balaban J connectivity index is 3.11. The molecule has 0 aliphatic rings. The van der Waals surface area contributed by atoms with Crippen LogP contribution in [0.2, 0.25) is 19.1 Å². The molecule has 0 saturated heterocycles. The van der Waals surface area contributed by atoms with Crippen molar-refractivity contribution in [1.29, 1.82) is 0 Å². The van der Waals surface area contributed by atoms with Crippen LogP contribution in [0.25, 0.3) is 0 Å². The highest BCUT2D eigenvalue weighted by molar-refractivity contribution is 6.71. The predicted octanol–water partition coefficient (Wildman–Crippen LogP) is 2.67. The van der Waals surface area contributed by atoms with Crippen molar-refractivity contribution in [2.24, 2.45) is 0 Å². The fraction of sp³-hybridized carbons (Fsp3) is 1.00. The Labute approximate surface area is 95.2 Å². The van der Waals surface area contributed by atoms with Crippen molar-refractivity contribution < 1.29 is 13.9 Å². The lowest BCUT2D eigenvalue weighted by Gasteiger charge is -2.19. The van der Waals surface area contributed by atoms with Crippen molar-refractivity contribution in [3.8, 4) is 0 Å². The largest absolute Gasteiger partial charge is 0.420 e. The van der Waals surface area contributed by atoms with Crippen molar-refractivity contribution in [2.45, 2.75) is 38.9 Å². The molecule has 0 aromatic heterocycles. The summed E-state index contributed by atoms with van der Waals surface area (Å²) in [6.07, 6.45) is 2.18. The van der Waals surface area contributed by atoms with Gasteiger partial charge < -0.3 is 13.9 Å². The summed E-state index contributed by atoms with van der Waals surface area (Å²) in [4.78, 5) is 0. The van der Waals surface area contributed by atoms with E-state index in [4.69, 9.17) is 13.9 Å². The zero-order valence-electron chi connectivity index (χ0n) is 10.7. The van der Waals surface area contributed by atoms with Gasteiger partial charge in [-0.2, -0.15) is 0 Å². The first-order chi connectivity index (χ1) is 7.12. The summed E-state index contributed by atoms with van der Waals surface area (Å²) in [6.45, 7) is 9.68. The van der Waals surface area contributed by atoms with Gasteiger partial charge in [0.15, 0.2) is 8.32 Å². The maximum Gasteiger partial charge on any atom is 0.186 e. The average Bonchev–Trinajstić information content (AvgIpc) is 2.22. The quantitative estimate of drug-likeness (QED) is 0.430. The standard InChI is InChI=1S/C11H26O3Si/c1-5-7-13-9-10-14-8-6-11-15(3,4)12-2/h5-11H2,1-4H3. The summed E-state index contributed by atoms with van der Waals surface area (Å²) < 4.78 is 16.2. The van der Waals surface area contributed by atoms with Crippen LogP contribution in [0.1, 0.15) is 19.8 Å². The van der Waals surface area contributed by atoms with Crippen molar-refractivity contribution in [1.82, 2.24) is 0 Å². The Hall–Kier alpha value is 0.0969. The second kappa shape index (κ2) is 9.33. The summed E-state index contributed by atoms with van der Waals surface area (Å²) in [5, 5.41) is 0. The third kappa shape index (κ3) is 10.4. The molecule has 0 N–H and O–H groups in total. The van der Waals surface area contributed by atoms with Gasteiger partial charge in [0.1, 0.15) is 0 Å². The predicted molar refractivity (Wildman–Crippen MR) is 65.8 cm³/mol.